The second-order valence-electron chi connectivity index (χ2n) is 5.99. The molecule has 1 N–H and O–H groups in total. The van der Waals surface area contributed by atoms with Gasteiger partial charge in [0.05, 0.1) is 11.5 Å². The zero-order valence-corrected chi connectivity index (χ0v) is 14.8. The normalized spacial score (nSPS) is 19.2. The van der Waals surface area contributed by atoms with Gasteiger partial charge in [0, 0.05) is 24.3 Å². The summed E-state index contributed by atoms with van der Waals surface area (Å²) >= 11 is 0. The molecule has 1 fully saturated rings. The summed E-state index contributed by atoms with van der Waals surface area (Å²) < 4.78 is 23.6. The molecule has 0 saturated carbocycles. The van der Waals surface area contributed by atoms with Crippen molar-refractivity contribution in [1.29, 1.82) is 0 Å². The molecule has 24 heavy (non-hydrogen) atoms. The molecule has 1 aliphatic rings. The number of sulfone groups is 1. The molecule has 1 aliphatic heterocycles. The minimum absolute atomic E-state index is 0.0149. The molecule has 0 amide bonds. The van der Waals surface area contributed by atoms with Crippen molar-refractivity contribution in [2.24, 2.45) is 0 Å². The number of hydrogen-bond donors (Lipinski definition) is 1. The number of hydrogen-bond acceptors (Lipinski definition) is 6. The lowest BCUT2D eigenvalue weighted by molar-refractivity contribution is 0.599. The Kier molecular flexibility index (Phi) is 4.71. The molecule has 128 valence electrons. The van der Waals surface area contributed by atoms with Crippen LogP contribution in [0.1, 0.15) is 19.2 Å². The second-order valence-corrected chi connectivity index (χ2v) is 8.22. The van der Waals surface area contributed by atoms with E-state index in [4.69, 9.17) is 0 Å². The van der Waals surface area contributed by atoms with Crippen molar-refractivity contribution in [2.45, 2.75) is 26.3 Å². The maximum absolute atomic E-state index is 11.8. The SMILES string of the molecule is CCN(c1cc(Nc2ccccc2)nc(C)n1)C1CCS(=O)(=O)C1. The van der Waals surface area contributed by atoms with Crippen LogP contribution in [-0.4, -0.2) is 42.5 Å². The fourth-order valence-corrected chi connectivity index (χ4v) is 4.79. The highest BCUT2D eigenvalue weighted by Gasteiger charge is 2.32. The summed E-state index contributed by atoms with van der Waals surface area (Å²) in [4.78, 5) is 11.0. The Morgan fingerprint density at radius 3 is 2.62 bits per heavy atom. The van der Waals surface area contributed by atoms with Crippen LogP contribution in [0.5, 0.6) is 0 Å². The summed E-state index contributed by atoms with van der Waals surface area (Å²) in [5.74, 6) is 2.59. The summed E-state index contributed by atoms with van der Waals surface area (Å²) in [5, 5.41) is 3.27. The Morgan fingerprint density at radius 2 is 2.00 bits per heavy atom. The van der Waals surface area contributed by atoms with Crippen LogP contribution in [0.15, 0.2) is 36.4 Å². The molecular weight excluding hydrogens is 324 g/mol. The maximum Gasteiger partial charge on any atom is 0.152 e. The van der Waals surface area contributed by atoms with Crippen LogP contribution in [0.3, 0.4) is 0 Å². The molecule has 6 nitrogen and oxygen atoms in total. The van der Waals surface area contributed by atoms with Crippen molar-refractivity contribution >= 4 is 27.2 Å². The number of nitrogens with zero attached hydrogens (tertiary/aromatic N) is 3. The van der Waals surface area contributed by atoms with Gasteiger partial charge < -0.3 is 10.2 Å². The molecule has 1 atom stereocenters. The molecule has 0 aliphatic carbocycles. The summed E-state index contributed by atoms with van der Waals surface area (Å²) in [6.45, 7) is 4.58. The lowest BCUT2D eigenvalue weighted by Crippen LogP contribution is -2.36. The number of nitrogens with one attached hydrogen (secondary N) is 1. The molecule has 2 aromatic rings. The van der Waals surface area contributed by atoms with Crippen LogP contribution in [0.4, 0.5) is 17.3 Å². The Labute approximate surface area is 142 Å². The molecule has 3 rings (SSSR count). The van der Waals surface area contributed by atoms with Crippen LogP contribution in [0.25, 0.3) is 0 Å². The van der Waals surface area contributed by atoms with Crippen LogP contribution in [0, 0.1) is 6.92 Å². The van der Waals surface area contributed by atoms with Gasteiger partial charge in [-0.15, -0.1) is 0 Å². The summed E-state index contributed by atoms with van der Waals surface area (Å²) in [6.07, 6.45) is 0.653. The Balaban J connectivity index is 1.87. The quantitative estimate of drug-likeness (QED) is 0.897. The van der Waals surface area contributed by atoms with Crippen molar-refractivity contribution in [3.63, 3.8) is 0 Å². The number of para-hydroxylation sites is 1. The van der Waals surface area contributed by atoms with Crippen molar-refractivity contribution in [2.75, 3.05) is 28.3 Å². The van der Waals surface area contributed by atoms with E-state index < -0.39 is 9.84 Å². The smallest absolute Gasteiger partial charge is 0.152 e. The molecule has 1 aromatic heterocycles. The summed E-state index contributed by atoms with van der Waals surface area (Å²) in [6, 6.07) is 11.7. The molecule has 0 radical (unpaired) electrons. The topological polar surface area (TPSA) is 75.2 Å². The van der Waals surface area contributed by atoms with Gasteiger partial charge in [-0.2, -0.15) is 0 Å². The third-order valence-corrected chi connectivity index (χ3v) is 5.91. The lowest BCUT2D eigenvalue weighted by Gasteiger charge is -2.28. The van der Waals surface area contributed by atoms with E-state index in [0.29, 0.717) is 24.6 Å². The average molecular weight is 346 g/mol. The third kappa shape index (κ3) is 3.84. The predicted octanol–water partition coefficient (Wildman–Crippen LogP) is 2.54. The average Bonchev–Trinajstić information content (AvgIpc) is 2.88. The molecule has 7 heteroatoms. The van der Waals surface area contributed by atoms with Gasteiger partial charge in [-0.1, -0.05) is 18.2 Å². The van der Waals surface area contributed by atoms with E-state index in [1.54, 1.807) is 0 Å². The van der Waals surface area contributed by atoms with Gasteiger partial charge in [0.15, 0.2) is 9.84 Å². The maximum atomic E-state index is 11.8. The number of aryl methyl sites for hydroxylation is 1. The van der Waals surface area contributed by atoms with E-state index >= 15 is 0 Å². The standard InChI is InChI=1S/C17H22N4O2S/c1-3-21(15-9-10-24(22,23)12-15)17-11-16(18-13(2)19-17)20-14-7-5-4-6-8-14/h4-8,11,15H,3,9-10,12H2,1-2H3,(H,18,19,20). The Morgan fingerprint density at radius 1 is 1.25 bits per heavy atom. The molecule has 1 unspecified atom stereocenters. The van der Waals surface area contributed by atoms with Gasteiger partial charge in [0.25, 0.3) is 0 Å². The van der Waals surface area contributed by atoms with E-state index in [2.05, 4.69) is 20.2 Å². The zero-order valence-electron chi connectivity index (χ0n) is 13.9. The van der Waals surface area contributed by atoms with Crippen molar-refractivity contribution in [1.82, 2.24) is 9.97 Å². The first-order chi connectivity index (χ1) is 11.5. The van der Waals surface area contributed by atoms with E-state index in [9.17, 15) is 8.42 Å². The minimum atomic E-state index is -2.93. The highest BCUT2D eigenvalue weighted by molar-refractivity contribution is 7.91. The molecule has 2 heterocycles. The Hall–Kier alpha value is -2.15. The van der Waals surface area contributed by atoms with Crippen LogP contribution in [0.2, 0.25) is 0 Å². The van der Waals surface area contributed by atoms with Gasteiger partial charge in [0.1, 0.15) is 17.5 Å². The first-order valence-corrected chi connectivity index (χ1v) is 9.94. The number of benzene rings is 1. The van der Waals surface area contributed by atoms with E-state index in [1.165, 1.54) is 0 Å². The molecule has 0 bridgehead atoms. The minimum Gasteiger partial charge on any atom is -0.353 e. The van der Waals surface area contributed by atoms with Crippen LogP contribution in [-0.2, 0) is 9.84 Å². The van der Waals surface area contributed by atoms with Crippen LogP contribution < -0.4 is 10.2 Å². The number of anilines is 3. The summed E-state index contributed by atoms with van der Waals surface area (Å²) in [7, 11) is -2.93. The van der Waals surface area contributed by atoms with E-state index in [0.717, 1.165) is 11.5 Å². The molecule has 0 spiro atoms. The van der Waals surface area contributed by atoms with Gasteiger partial charge >= 0.3 is 0 Å². The summed E-state index contributed by atoms with van der Waals surface area (Å²) in [5.41, 5.74) is 0.952. The van der Waals surface area contributed by atoms with E-state index in [1.807, 2.05) is 50.2 Å². The fraction of sp³-hybridized carbons (Fsp3) is 0.412. The number of rotatable bonds is 5. The number of aromatic nitrogens is 2. The fourth-order valence-electron chi connectivity index (χ4n) is 3.06. The highest BCUT2D eigenvalue weighted by atomic mass is 32.2. The van der Waals surface area contributed by atoms with Gasteiger partial charge in [-0.3, -0.25) is 0 Å². The predicted molar refractivity (Wildman–Crippen MR) is 96.6 cm³/mol. The monoisotopic (exact) mass is 346 g/mol. The zero-order chi connectivity index (χ0) is 17.2. The van der Waals surface area contributed by atoms with E-state index in [-0.39, 0.29) is 17.5 Å². The lowest BCUT2D eigenvalue weighted by atomic mass is 10.2. The molecule has 1 aromatic carbocycles. The van der Waals surface area contributed by atoms with Gasteiger partial charge in [-0.25, -0.2) is 18.4 Å². The van der Waals surface area contributed by atoms with Crippen LogP contribution >= 0.6 is 0 Å². The second kappa shape index (κ2) is 6.76. The van der Waals surface area contributed by atoms with Crippen molar-refractivity contribution in [3.8, 4) is 0 Å². The first kappa shape index (κ1) is 16.7. The first-order valence-electron chi connectivity index (χ1n) is 8.11. The highest BCUT2D eigenvalue weighted by Crippen LogP contribution is 2.25. The Bertz CT molecular complexity index is 809. The van der Waals surface area contributed by atoms with Crippen molar-refractivity contribution < 1.29 is 8.42 Å². The van der Waals surface area contributed by atoms with Gasteiger partial charge in [-0.05, 0) is 32.4 Å². The third-order valence-electron chi connectivity index (χ3n) is 4.15. The molecule has 1 saturated heterocycles. The van der Waals surface area contributed by atoms with Gasteiger partial charge in [0.2, 0.25) is 0 Å². The van der Waals surface area contributed by atoms with Crippen molar-refractivity contribution in [3.05, 3.63) is 42.2 Å². The largest absolute Gasteiger partial charge is 0.353 e. The molecular formula is C17H22N4O2S.